The van der Waals surface area contributed by atoms with Crippen LogP contribution >= 0.6 is 72.3 Å². The highest BCUT2D eigenvalue weighted by atomic mass is 32.2. The fourth-order valence-electron chi connectivity index (χ4n) is 2.46. The van der Waals surface area contributed by atoms with Crippen LogP contribution in [-0.4, -0.2) is 79.9 Å². The second-order valence-corrected chi connectivity index (χ2v) is 11.5. The third-order valence-corrected chi connectivity index (χ3v) is 9.13. The van der Waals surface area contributed by atoms with Gasteiger partial charge in [0.05, 0.1) is 0 Å². The van der Waals surface area contributed by atoms with Gasteiger partial charge in [0.1, 0.15) is 0 Å². The van der Waals surface area contributed by atoms with E-state index in [1.807, 2.05) is 0 Å². The smallest absolute Gasteiger partial charge is 0.0453 e. The first kappa shape index (κ1) is 20.3. The number of nitrogens with zero attached hydrogens (tertiary/aromatic N) is 2. The molecule has 22 heavy (non-hydrogen) atoms. The van der Waals surface area contributed by atoms with Crippen LogP contribution in [0.3, 0.4) is 0 Å². The highest BCUT2D eigenvalue weighted by Gasteiger charge is 2.17. The SMILES string of the molecule is SC(CCC(S)CN1CSCCSC1)CN1CSCCSC1. The Bertz CT molecular complexity index is 253. The normalized spacial score (nSPS) is 25.4. The average Bonchev–Trinajstić information content (AvgIpc) is 2.90. The lowest BCUT2D eigenvalue weighted by atomic mass is 10.1. The zero-order chi connectivity index (χ0) is 15.6. The van der Waals surface area contributed by atoms with Gasteiger partial charge in [-0.3, -0.25) is 9.80 Å². The average molecular weight is 417 g/mol. The summed E-state index contributed by atoms with van der Waals surface area (Å²) < 4.78 is 0. The molecular formula is C14H28N2S6. The number of rotatable bonds is 7. The topological polar surface area (TPSA) is 6.48 Å². The molecule has 0 aromatic heterocycles. The Labute approximate surface area is 164 Å². The van der Waals surface area contributed by atoms with Gasteiger partial charge in [-0.05, 0) is 12.8 Å². The van der Waals surface area contributed by atoms with Crippen molar-refractivity contribution in [3.8, 4) is 0 Å². The number of thiol groups is 2. The Morgan fingerprint density at radius 2 is 0.955 bits per heavy atom. The van der Waals surface area contributed by atoms with Crippen molar-refractivity contribution in [1.29, 1.82) is 0 Å². The van der Waals surface area contributed by atoms with Crippen LogP contribution in [0, 0.1) is 0 Å². The van der Waals surface area contributed by atoms with Crippen molar-refractivity contribution in [2.45, 2.75) is 23.3 Å². The second kappa shape index (κ2) is 12.4. The van der Waals surface area contributed by atoms with Gasteiger partial charge in [-0.2, -0.15) is 25.3 Å². The van der Waals surface area contributed by atoms with Crippen molar-refractivity contribution in [3.63, 3.8) is 0 Å². The molecular weight excluding hydrogens is 389 g/mol. The molecule has 0 aromatic carbocycles. The minimum absolute atomic E-state index is 0.488. The van der Waals surface area contributed by atoms with E-state index in [-0.39, 0.29) is 0 Å². The quantitative estimate of drug-likeness (QED) is 0.606. The standard InChI is InChI=1S/C14H28N2S6/c17-13(7-15-9-19-3-4-20-10-15)1-2-14(18)8-16-11-21-5-6-22-12-16/h13-14,17-18H,1-12H2. The molecule has 2 saturated heterocycles. The van der Waals surface area contributed by atoms with Crippen LogP contribution in [0.4, 0.5) is 0 Å². The van der Waals surface area contributed by atoms with Crippen molar-refractivity contribution in [1.82, 2.24) is 9.80 Å². The van der Waals surface area contributed by atoms with Gasteiger partial charge < -0.3 is 0 Å². The van der Waals surface area contributed by atoms with Crippen molar-refractivity contribution >= 4 is 72.3 Å². The third-order valence-electron chi connectivity index (χ3n) is 3.61. The van der Waals surface area contributed by atoms with E-state index in [0.29, 0.717) is 10.5 Å². The number of hydrogen-bond donors (Lipinski definition) is 2. The Morgan fingerprint density at radius 1 is 0.636 bits per heavy atom. The van der Waals surface area contributed by atoms with Crippen molar-refractivity contribution < 1.29 is 0 Å². The minimum atomic E-state index is 0.488. The summed E-state index contributed by atoms with van der Waals surface area (Å²) in [4.78, 5) is 5.10. The Hall–Kier alpha value is 2.02. The molecule has 2 aliphatic heterocycles. The van der Waals surface area contributed by atoms with Crippen molar-refractivity contribution in [2.75, 3.05) is 59.6 Å². The van der Waals surface area contributed by atoms with Gasteiger partial charge in [0, 0.05) is 70.1 Å². The molecule has 2 nitrogen and oxygen atoms in total. The van der Waals surface area contributed by atoms with Gasteiger partial charge >= 0.3 is 0 Å². The lowest BCUT2D eigenvalue weighted by molar-refractivity contribution is 0.354. The summed E-state index contributed by atoms with van der Waals surface area (Å²) in [6.45, 7) is 2.25. The first-order valence-corrected chi connectivity index (χ1v) is 13.5. The van der Waals surface area contributed by atoms with Gasteiger partial charge in [-0.25, -0.2) is 0 Å². The first-order chi connectivity index (χ1) is 10.7. The fourth-order valence-corrected chi connectivity index (χ4v) is 7.67. The maximum atomic E-state index is 4.82. The Morgan fingerprint density at radius 3 is 1.27 bits per heavy atom. The molecule has 2 atom stereocenters. The highest BCUT2D eigenvalue weighted by Crippen LogP contribution is 2.22. The van der Waals surface area contributed by atoms with E-state index in [4.69, 9.17) is 25.3 Å². The minimum Gasteiger partial charge on any atom is -0.284 e. The van der Waals surface area contributed by atoms with Crippen LogP contribution in [0.1, 0.15) is 12.8 Å². The van der Waals surface area contributed by atoms with Crippen LogP contribution in [0.15, 0.2) is 0 Å². The van der Waals surface area contributed by atoms with E-state index in [0.717, 1.165) is 13.1 Å². The molecule has 2 aliphatic rings. The van der Waals surface area contributed by atoms with Crippen LogP contribution < -0.4 is 0 Å². The summed E-state index contributed by atoms with van der Waals surface area (Å²) in [6.07, 6.45) is 2.36. The van der Waals surface area contributed by atoms with Crippen LogP contribution in [0.25, 0.3) is 0 Å². The summed E-state index contributed by atoms with van der Waals surface area (Å²) in [5.74, 6) is 9.89. The van der Waals surface area contributed by atoms with Gasteiger partial charge in [-0.15, -0.1) is 47.0 Å². The number of hydrogen-bond acceptors (Lipinski definition) is 8. The molecule has 2 fully saturated rings. The van der Waals surface area contributed by atoms with Gasteiger partial charge in [0.25, 0.3) is 0 Å². The fraction of sp³-hybridized carbons (Fsp3) is 1.00. The van der Waals surface area contributed by atoms with E-state index >= 15 is 0 Å². The molecule has 0 N–H and O–H groups in total. The van der Waals surface area contributed by atoms with Crippen LogP contribution in [0.2, 0.25) is 0 Å². The zero-order valence-corrected chi connectivity index (χ0v) is 18.1. The third kappa shape index (κ3) is 8.92. The van der Waals surface area contributed by atoms with E-state index in [1.54, 1.807) is 0 Å². The summed E-state index contributed by atoms with van der Waals surface area (Å²) in [6, 6.07) is 0. The highest BCUT2D eigenvalue weighted by molar-refractivity contribution is 8.03. The summed E-state index contributed by atoms with van der Waals surface area (Å²) in [5, 5.41) is 0.976. The summed E-state index contributed by atoms with van der Waals surface area (Å²) in [7, 11) is 0. The molecule has 0 bridgehead atoms. The van der Waals surface area contributed by atoms with Crippen molar-refractivity contribution in [2.24, 2.45) is 0 Å². The first-order valence-electron chi connectivity index (χ1n) is 7.86. The van der Waals surface area contributed by atoms with Gasteiger partial charge in [0.15, 0.2) is 0 Å². The maximum Gasteiger partial charge on any atom is 0.0453 e. The van der Waals surface area contributed by atoms with Gasteiger partial charge in [0.2, 0.25) is 0 Å². The Kier molecular flexibility index (Phi) is 11.4. The monoisotopic (exact) mass is 416 g/mol. The van der Waals surface area contributed by atoms with Gasteiger partial charge in [-0.1, -0.05) is 0 Å². The molecule has 130 valence electrons. The Balaban J connectivity index is 1.58. The zero-order valence-electron chi connectivity index (χ0n) is 13.1. The van der Waals surface area contributed by atoms with Crippen LogP contribution in [-0.2, 0) is 0 Å². The van der Waals surface area contributed by atoms with E-state index in [1.165, 1.54) is 59.4 Å². The molecule has 0 radical (unpaired) electrons. The largest absolute Gasteiger partial charge is 0.284 e. The molecule has 8 heteroatoms. The predicted octanol–water partition coefficient (Wildman–Crippen LogP) is 3.76. The van der Waals surface area contributed by atoms with Crippen molar-refractivity contribution in [3.05, 3.63) is 0 Å². The second-order valence-electron chi connectivity index (χ2n) is 5.74. The van der Waals surface area contributed by atoms with Crippen LogP contribution in [0.5, 0.6) is 0 Å². The molecule has 2 heterocycles. The predicted molar refractivity (Wildman–Crippen MR) is 117 cm³/mol. The van der Waals surface area contributed by atoms with E-state index < -0.39 is 0 Å². The molecule has 0 saturated carbocycles. The summed E-state index contributed by atoms with van der Waals surface area (Å²) in [5.41, 5.74) is 0. The molecule has 0 amide bonds. The lowest BCUT2D eigenvalue weighted by Crippen LogP contribution is -2.31. The maximum absolute atomic E-state index is 4.82. The number of thioether (sulfide) groups is 4. The molecule has 2 rings (SSSR count). The molecule has 0 aromatic rings. The molecule has 2 unspecified atom stereocenters. The molecule has 0 aliphatic carbocycles. The van der Waals surface area contributed by atoms with E-state index in [2.05, 4.69) is 56.8 Å². The summed E-state index contributed by atoms with van der Waals surface area (Å²) >= 11 is 17.9. The van der Waals surface area contributed by atoms with E-state index in [9.17, 15) is 0 Å². The molecule has 0 spiro atoms. The lowest BCUT2D eigenvalue weighted by Gasteiger charge is -2.25.